The second-order valence-corrected chi connectivity index (χ2v) is 7.90. The van der Waals surface area contributed by atoms with Crippen molar-refractivity contribution in [2.75, 3.05) is 37.5 Å². The third-order valence-corrected chi connectivity index (χ3v) is 5.30. The third-order valence-electron chi connectivity index (χ3n) is 5.30. The fourth-order valence-corrected chi connectivity index (χ4v) is 3.44. The highest BCUT2D eigenvalue weighted by Crippen LogP contribution is 2.17. The summed E-state index contributed by atoms with van der Waals surface area (Å²) >= 11 is 0. The average Bonchev–Trinajstić information content (AvgIpc) is 3.33. The van der Waals surface area contributed by atoms with E-state index in [-0.39, 0.29) is 36.9 Å². The first-order valence-corrected chi connectivity index (χ1v) is 11.4. The molecular weight excluding hydrogens is 470 g/mol. The molecule has 2 aromatic heterocycles. The number of H-pyrrole nitrogens is 1. The molecule has 36 heavy (non-hydrogen) atoms. The summed E-state index contributed by atoms with van der Waals surface area (Å²) in [4.78, 5) is 53.5. The Kier molecular flexibility index (Phi) is 9.11. The number of benzene rings is 1. The standard InChI is InChI=1S/C23H29N7O6/c1-3-4-10-30-20(24)19(21(32)25-23(30)34)29(11-12-35-2)18(31)15-36-22(33)17-14-28(27-26-17)13-16-8-6-5-7-9-16/h5-9,14H,3-4,10-13,15,24H2,1-2H3,(H,25,32,34). The Balaban J connectivity index is 1.74. The van der Waals surface area contributed by atoms with E-state index in [1.54, 1.807) is 0 Å². The van der Waals surface area contributed by atoms with Crippen molar-refractivity contribution < 1.29 is 19.1 Å². The lowest BCUT2D eigenvalue weighted by molar-refractivity contribution is -0.121. The fraction of sp³-hybridized carbons (Fsp3) is 0.391. The molecule has 1 amide bonds. The number of hydrogen-bond donors (Lipinski definition) is 2. The maximum atomic E-state index is 13.0. The Morgan fingerprint density at radius 2 is 1.94 bits per heavy atom. The van der Waals surface area contributed by atoms with Crippen LogP contribution in [0.3, 0.4) is 0 Å². The average molecular weight is 500 g/mol. The lowest BCUT2D eigenvalue weighted by atomic mass is 10.2. The van der Waals surface area contributed by atoms with Crippen LogP contribution in [0.4, 0.5) is 11.5 Å². The number of aromatic nitrogens is 5. The summed E-state index contributed by atoms with van der Waals surface area (Å²) in [7, 11) is 1.43. The van der Waals surface area contributed by atoms with Crippen molar-refractivity contribution in [2.45, 2.75) is 32.9 Å². The Hall–Kier alpha value is -4.26. The zero-order valence-electron chi connectivity index (χ0n) is 20.2. The number of anilines is 2. The summed E-state index contributed by atoms with van der Waals surface area (Å²) in [5.74, 6) is -1.74. The number of nitrogens with two attached hydrogens (primary N) is 1. The van der Waals surface area contributed by atoms with E-state index in [0.29, 0.717) is 13.0 Å². The number of nitrogens with zero attached hydrogens (tertiary/aromatic N) is 5. The van der Waals surface area contributed by atoms with Gasteiger partial charge in [-0.15, -0.1) is 5.10 Å². The molecule has 192 valence electrons. The molecule has 0 unspecified atom stereocenters. The highest BCUT2D eigenvalue weighted by molar-refractivity contribution is 5.98. The molecular formula is C23H29N7O6. The molecule has 1 aromatic carbocycles. The summed E-state index contributed by atoms with van der Waals surface area (Å²) in [6.07, 6.45) is 2.84. The second kappa shape index (κ2) is 12.4. The predicted molar refractivity (Wildman–Crippen MR) is 131 cm³/mol. The minimum absolute atomic E-state index is 0.0561. The van der Waals surface area contributed by atoms with Crippen LogP contribution < -0.4 is 21.9 Å². The molecule has 0 bridgehead atoms. The first-order chi connectivity index (χ1) is 17.3. The molecule has 2 heterocycles. The molecule has 3 N–H and O–H groups in total. The van der Waals surface area contributed by atoms with Gasteiger partial charge in [0.15, 0.2) is 18.0 Å². The quantitative estimate of drug-likeness (QED) is 0.335. The van der Waals surface area contributed by atoms with E-state index in [4.69, 9.17) is 15.2 Å². The summed E-state index contributed by atoms with van der Waals surface area (Å²) in [5.41, 5.74) is 5.31. The maximum absolute atomic E-state index is 13.0. The summed E-state index contributed by atoms with van der Waals surface area (Å²) < 4.78 is 12.8. The lowest BCUT2D eigenvalue weighted by Gasteiger charge is -2.24. The highest BCUT2D eigenvalue weighted by atomic mass is 16.5. The van der Waals surface area contributed by atoms with Crippen molar-refractivity contribution in [2.24, 2.45) is 0 Å². The van der Waals surface area contributed by atoms with Crippen LogP contribution in [0, 0.1) is 0 Å². The first-order valence-electron chi connectivity index (χ1n) is 11.4. The van der Waals surface area contributed by atoms with Crippen molar-refractivity contribution >= 4 is 23.4 Å². The van der Waals surface area contributed by atoms with Crippen LogP contribution >= 0.6 is 0 Å². The van der Waals surface area contributed by atoms with E-state index >= 15 is 0 Å². The van der Waals surface area contributed by atoms with Crippen LogP contribution in [0.5, 0.6) is 0 Å². The maximum Gasteiger partial charge on any atom is 0.361 e. The van der Waals surface area contributed by atoms with Gasteiger partial charge in [-0.1, -0.05) is 48.9 Å². The Morgan fingerprint density at radius 3 is 2.64 bits per heavy atom. The second-order valence-electron chi connectivity index (χ2n) is 7.90. The number of nitrogen functional groups attached to an aromatic ring is 1. The molecule has 3 aromatic rings. The van der Waals surface area contributed by atoms with Gasteiger partial charge < -0.3 is 15.2 Å². The Bertz CT molecular complexity index is 1300. The zero-order chi connectivity index (χ0) is 26.1. The number of esters is 1. The van der Waals surface area contributed by atoms with Crippen molar-refractivity contribution in [1.29, 1.82) is 0 Å². The number of nitrogens with one attached hydrogen (secondary N) is 1. The van der Waals surface area contributed by atoms with E-state index < -0.39 is 29.7 Å². The minimum Gasteiger partial charge on any atom is -0.451 e. The lowest BCUT2D eigenvalue weighted by Crippen LogP contribution is -2.44. The highest BCUT2D eigenvalue weighted by Gasteiger charge is 2.25. The monoisotopic (exact) mass is 499 g/mol. The van der Waals surface area contributed by atoms with Gasteiger partial charge in [0.2, 0.25) is 0 Å². The molecule has 0 aliphatic rings. The van der Waals surface area contributed by atoms with Crippen molar-refractivity contribution in [3.05, 3.63) is 68.6 Å². The normalized spacial score (nSPS) is 10.8. The Morgan fingerprint density at radius 1 is 1.19 bits per heavy atom. The van der Waals surface area contributed by atoms with Gasteiger partial charge in [-0.2, -0.15) is 0 Å². The van der Waals surface area contributed by atoms with Crippen LogP contribution in [0.15, 0.2) is 46.1 Å². The number of carbonyl (C=O) groups is 2. The van der Waals surface area contributed by atoms with Crippen LogP contribution in [-0.2, 0) is 27.4 Å². The third kappa shape index (κ3) is 6.44. The number of ether oxygens (including phenoxy) is 2. The zero-order valence-corrected chi connectivity index (χ0v) is 20.2. The van der Waals surface area contributed by atoms with Gasteiger partial charge in [-0.25, -0.2) is 14.3 Å². The molecule has 0 atom stereocenters. The van der Waals surface area contributed by atoms with E-state index in [1.165, 1.54) is 22.6 Å². The van der Waals surface area contributed by atoms with Crippen LogP contribution in [0.25, 0.3) is 0 Å². The molecule has 0 radical (unpaired) electrons. The molecule has 3 rings (SSSR count). The van der Waals surface area contributed by atoms with E-state index in [9.17, 15) is 19.2 Å². The van der Waals surface area contributed by atoms with Gasteiger partial charge in [0.1, 0.15) is 5.82 Å². The van der Waals surface area contributed by atoms with Crippen molar-refractivity contribution in [1.82, 2.24) is 24.5 Å². The number of rotatable bonds is 12. The van der Waals surface area contributed by atoms with Crippen molar-refractivity contribution in [3.8, 4) is 0 Å². The van der Waals surface area contributed by atoms with Gasteiger partial charge in [0.25, 0.3) is 11.5 Å². The Labute approximate surface area is 206 Å². The number of amides is 1. The number of methoxy groups -OCH3 is 1. The molecule has 0 fully saturated rings. The van der Waals surface area contributed by atoms with Crippen LogP contribution in [0.1, 0.15) is 35.8 Å². The summed E-state index contributed by atoms with van der Waals surface area (Å²) in [5, 5.41) is 7.71. The van der Waals surface area contributed by atoms with Gasteiger partial charge >= 0.3 is 11.7 Å². The van der Waals surface area contributed by atoms with Crippen molar-refractivity contribution in [3.63, 3.8) is 0 Å². The molecule has 0 aliphatic carbocycles. The van der Waals surface area contributed by atoms with Gasteiger partial charge in [-0.05, 0) is 12.0 Å². The summed E-state index contributed by atoms with van der Waals surface area (Å²) in [6, 6.07) is 9.48. The van der Waals surface area contributed by atoms with Crippen LogP contribution in [0.2, 0.25) is 0 Å². The van der Waals surface area contributed by atoms with Gasteiger partial charge in [0.05, 0.1) is 19.3 Å². The molecule has 0 spiro atoms. The van der Waals surface area contributed by atoms with E-state index in [1.807, 2.05) is 37.3 Å². The number of hydrogen-bond acceptors (Lipinski definition) is 9. The largest absolute Gasteiger partial charge is 0.451 e. The number of aromatic amines is 1. The summed E-state index contributed by atoms with van der Waals surface area (Å²) in [6.45, 7) is 1.93. The van der Waals surface area contributed by atoms with E-state index in [2.05, 4.69) is 15.3 Å². The minimum atomic E-state index is -0.857. The smallest absolute Gasteiger partial charge is 0.361 e. The fourth-order valence-electron chi connectivity index (χ4n) is 3.44. The molecule has 13 nitrogen and oxygen atoms in total. The SMILES string of the molecule is CCCCn1c(N)c(N(CCOC)C(=O)COC(=O)c2cn(Cc3ccccc3)nn2)c(=O)[nH]c1=O. The topological polar surface area (TPSA) is 167 Å². The molecule has 0 saturated heterocycles. The molecule has 0 aliphatic heterocycles. The van der Waals surface area contributed by atoms with Gasteiger partial charge in [0, 0.05) is 20.2 Å². The number of carbonyl (C=O) groups excluding carboxylic acids is 2. The predicted octanol–water partition coefficient (Wildman–Crippen LogP) is 0.395. The molecule has 0 saturated carbocycles. The number of unbranched alkanes of at least 4 members (excludes halogenated alkanes) is 1. The first kappa shape index (κ1) is 26.3. The van der Waals surface area contributed by atoms with Crippen LogP contribution in [-0.4, -0.2) is 63.3 Å². The van der Waals surface area contributed by atoms with Gasteiger partial charge in [-0.3, -0.25) is 24.0 Å². The van der Waals surface area contributed by atoms with E-state index in [0.717, 1.165) is 16.9 Å². The molecule has 13 heteroatoms.